The first-order valence-electron chi connectivity index (χ1n) is 15.4. The number of para-hydroxylation sites is 2. The van der Waals surface area contributed by atoms with Crippen LogP contribution < -0.4 is 20.4 Å². The van der Waals surface area contributed by atoms with Crippen molar-refractivity contribution in [1.29, 1.82) is 0 Å². The molecule has 3 aliphatic rings. The molecule has 0 aromatic heterocycles. The fourth-order valence-electron chi connectivity index (χ4n) is 5.88. The number of aliphatic hydroxyl groups excluding tert-OH is 1. The average molecular weight is 677 g/mol. The molecule has 0 radical (unpaired) electrons. The van der Waals surface area contributed by atoms with Crippen LogP contribution in [0.3, 0.4) is 0 Å². The zero-order chi connectivity index (χ0) is 35.1. The second-order valence-electron chi connectivity index (χ2n) is 11.4. The van der Waals surface area contributed by atoms with Gasteiger partial charge in [-0.15, -0.1) is 0 Å². The highest BCUT2D eigenvalue weighted by atomic mass is 16.7. The number of fused-ring (bicyclic) bond motifs is 1. The van der Waals surface area contributed by atoms with Crippen LogP contribution in [0.1, 0.15) is 18.4 Å². The van der Waals surface area contributed by atoms with Crippen molar-refractivity contribution >= 4 is 46.8 Å². The third-order valence-corrected chi connectivity index (χ3v) is 8.33. The molecule has 2 aromatic carbocycles. The third kappa shape index (κ3) is 7.38. The molecule has 2 aromatic rings. The smallest absolute Gasteiger partial charge is 0.310 e. The number of anilines is 2. The Labute approximate surface area is 281 Å². The van der Waals surface area contributed by atoms with Gasteiger partial charge in [0.2, 0.25) is 12.2 Å². The summed E-state index contributed by atoms with van der Waals surface area (Å²) in [5, 5.41) is 14.9. The molecule has 49 heavy (non-hydrogen) atoms. The van der Waals surface area contributed by atoms with Gasteiger partial charge in [0, 0.05) is 13.5 Å². The molecule has 4 amide bonds. The van der Waals surface area contributed by atoms with Gasteiger partial charge in [-0.2, -0.15) is 0 Å². The number of ketones is 1. The fourth-order valence-corrected chi connectivity index (χ4v) is 5.88. The Morgan fingerprint density at radius 2 is 1.71 bits per heavy atom. The van der Waals surface area contributed by atoms with Gasteiger partial charge in [0.1, 0.15) is 31.0 Å². The molecular formula is C34H36N4O11. The van der Waals surface area contributed by atoms with Crippen molar-refractivity contribution in [2.45, 2.75) is 43.4 Å². The predicted octanol–water partition coefficient (Wildman–Crippen LogP) is 0.262. The Hall–Kier alpha value is -5.38. The van der Waals surface area contributed by atoms with Crippen molar-refractivity contribution < 1.29 is 52.8 Å². The van der Waals surface area contributed by atoms with Gasteiger partial charge >= 0.3 is 5.97 Å². The van der Waals surface area contributed by atoms with E-state index in [1.54, 1.807) is 24.3 Å². The Morgan fingerprint density at radius 3 is 2.41 bits per heavy atom. The van der Waals surface area contributed by atoms with E-state index in [4.69, 9.17) is 18.9 Å². The van der Waals surface area contributed by atoms with Crippen LogP contribution in [0.4, 0.5) is 11.4 Å². The zero-order valence-electron chi connectivity index (χ0n) is 26.8. The summed E-state index contributed by atoms with van der Waals surface area (Å²) in [6.07, 6.45) is 3.45. The number of carbonyl (C=O) groups is 6. The molecule has 0 spiro atoms. The first kappa shape index (κ1) is 34.9. The molecule has 15 nitrogen and oxygen atoms in total. The number of aliphatic hydroxyl groups is 1. The SMILES string of the molecule is COC1=CC=CCC1(OC)C(=O)C(=O)N[C@H]1CN(C(=O)CO)c2ccccc2N(CC(=O)N[C@H]2CC(=O)OC2OCc2ccccc2)C1=O. The number of nitrogens with zero attached hydrogens (tertiary/aromatic N) is 2. The quantitative estimate of drug-likeness (QED) is 0.207. The first-order valence-corrected chi connectivity index (χ1v) is 15.4. The number of benzene rings is 2. The summed E-state index contributed by atoms with van der Waals surface area (Å²) in [4.78, 5) is 82.0. The number of amides is 4. The van der Waals surface area contributed by atoms with E-state index in [0.717, 1.165) is 15.4 Å². The molecule has 5 rings (SSSR count). The van der Waals surface area contributed by atoms with Crippen LogP contribution in [0, 0.1) is 0 Å². The van der Waals surface area contributed by atoms with E-state index in [1.807, 2.05) is 30.3 Å². The Balaban J connectivity index is 1.38. The number of nitrogens with one attached hydrogen (secondary N) is 2. The third-order valence-electron chi connectivity index (χ3n) is 8.33. The standard InChI is InChI=1S/C34H36N4O11/c1-46-26-14-8-9-15-34(26,47-2)30(43)31(44)36-23-17-37(28(41)19-39)24-12-6-7-13-25(24)38(32(23)45)18-27(40)35-22-16-29(42)49-33(22)48-20-21-10-4-3-5-11-21/h3-14,22-23,33,39H,15-20H2,1-2H3,(H,35,40)(H,36,44)/t22-,23-,33?,34?/m0/s1. The Kier molecular flexibility index (Phi) is 10.9. The van der Waals surface area contributed by atoms with Gasteiger partial charge in [-0.05, 0) is 23.8 Å². The van der Waals surface area contributed by atoms with E-state index >= 15 is 0 Å². The normalized spacial score (nSPS) is 23.2. The molecule has 0 saturated carbocycles. The largest absolute Gasteiger partial charge is 0.497 e. The summed E-state index contributed by atoms with van der Waals surface area (Å²) in [6.45, 7) is -1.90. The minimum Gasteiger partial charge on any atom is -0.497 e. The molecule has 2 unspecified atom stereocenters. The van der Waals surface area contributed by atoms with Crippen molar-refractivity contribution in [1.82, 2.24) is 10.6 Å². The van der Waals surface area contributed by atoms with Crippen LogP contribution in [0.5, 0.6) is 0 Å². The number of Topliss-reactive ketones (excluding diaryl/α,β-unsaturated/α-hetero) is 1. The highest BCUT2D eigenvalue weighted by Gasteiger charge is 2.49. The number of rotatable bonds is 12. The molecule has 2 aliphatic heterocycles. The number of methoxy groups -OCH3 is 2. The predicted molar refractivity (Wildman–Crippen MR) is 171 cm³/mol. The maximum Gasteiger partial charge on any atom is 0.310 e. The molecule has 1 saturated heterocycles. The maximum atomic E-state index is 14.2. The lowest BCUT2D eigenvalue weighted by atomic mass is 9.87. The highest BCUT2D eigenvalue weighted by Crippen LogP contribution is 2.34. The van der Waals surface area contributed by atoms with Gasteiger partial charge in [-0.25, -0.2) is 0 Å². The Morgan fingerprint density at radius 1 is 1.00 bits per heavy atom. The second-order valence-corrected chi connectivity index (χ2v) is 11.4. The highest BCUT2D eigenvalue weighted by molar-refractivity contribution is 6.40. The Bertz CT molecular complexity index is 1680. The molecule has 1 aliphatic carbocycles. The first-order chi connectivity index (χ1) is 23.6. The number of hydrogen-bond donors (Lipinski definition) is 3. The molecule has 258 valence electrons. The number of cyclic esters (lactones) is 1. The van der Waals surface area contributed by atoms with Gasteiger partial charge in [-0.1, -0.05) is 54.6 Å². The summed E-state index contributed by atoms with van der Waals surface area (Å²) >= 11 is 0. The average Bonchev–Trinajstić information content (AvgIpc) is 3.43. The van der Waals surface area contributed by atoms with Crippen LogP contribution in [0.2, 0.25) is 0 Å². The molecule has 1 fully saturated rings. The van der Waals surface area contributed by atoms with Gasteiger partial charge < -0.3 is 39.6 Å². The van der Waals surface area contributed by atoms with Gasteiger partial charge in [0.25, 0.3) is 23.5 Å². The van der Waals surface area contributed by atoms with Crippen molar-refractivity contribution in [2.24, 2.45) is 0 Å². The monoisotopic (exact) mass is 676 g/mol. The van der Waals surface area contributed by atoms with E-state index in [-0.39, 0.29) is 36.6 Å². The van der Waals surface area contributed by atoms with Crippen LogP contribution in [0.25, 0.3) is 0 Å². The van der Waals surface area contributed by atoms with Crippen LogP contribution in [-0.2, 0) is 54.3 Å². The number of esters is 1. The molecular weight excluding hydrogens is 640 g/mol. The lowest BCUT2D eigenvalue weighted by molar-refractivity contribution is -0.168. The fraction of sp³-hybridized carbons (Fsp3) is 0.353. The molecule has 15 heteroatoms. The number of allylic oxidation sites excluding steroid dienone is 2. The topological polar surface area (TPSA) is 190 Å². The summed E-state index contributed by atoms with van der Waals surface area (Å²) in [6, 6.07) is 12.9. The van der Waals surface area contributed by atoms with Crippen LogP contribution in [-0.4, -0.2) is 98.4 Å². The lowest BCUT2D eigenvalue weighted by Gasteiger charge is -2.33. The molecule has 3 N–H and O–H groups in total. The van der Waals surface area contributed by atoms with E-state index in [2.05, 4.69) is 10.6 Å². The van der Waals surface area contributed by atoms with Gasteiger partial charge in [-0.3, -0.25) is 33.7 Å². The number of hydrogen-bond acceptors (Lipinski definition) is 11. The minimum absolute atomic E-state index is 0.0235. The van der Waals surface area contributed by atoms with E-state index in [9.17, 15) is 33.9 Å². The van der Waals surface area contributed by atoms with Gasteiger partial charge in [0.05, 0.1) is 38.1 Å². The number of carbonyl (C=O) groups excluding carboxylic acids is 6. The molecule has 2 heterocycles. The number of ether oxygens (including phenoxy) is 4. The van der Waals surface area contributed by atoms with E-state index in [0.29, 0.717) is 0 Å². The lowest BCUT2D eigenvalue weighted by Crippen LogP contribution is -2.59. The van der Waals surface area contributed by atoms with Crippen LogP contribution in [0.15, 0.2) is 78.6 Å². The van der Waals surface area contributed by atoms with E-state index in [1.165, 1.54) is 32.4 Å². The van der Waals surface area contributed by atoms with Crippen molar-refractivity contribution in [3.05, 3.63) is 84.1 Å². The summed E-state index contributed by atoms with van der Waals surface area (Å²) < 4.78 is 21.8. The summed E-state index contributed by atoms with van der Waals surface area (Å²) in [7, 11) is 2.56. The van der Waals surface area contributed by atoms with Crippen molar-refractivity contribution in [2.75, 3.05) is 43.7 Å². The maximum absolute atomic E-state index is 14.2. The van der Waals surface area contributed by atoms with Gasteiger partial charge in [0.15, 0.2) is 5.60 Å². The molecule has 0 bridgehead atoms. The minimum atomic E-state index is -1.80. The van der Waals surface area contributed by atoms with E-state index < -0.39 is 79.1 Å². The second kappa shape index (κ2) is 15.2. The zero-order valence-corrected chi connectivity index (χ0v) is 26.8. The van der Waals surface area contributed by atoms with Crippen LogP contribution >= 0.6 is 0 Å². The summed E-state index contributed by atoms with van der Waals surface area (Å²) in [5.41, 5.74) is -0.686. The van der Waals surface area contributed by atoms with Crippen molar-refractivity contribution in [3.8, 4) is 0 Å². The van der Waals surface area contributed by atoms with Crippen molar-refractivity contribution in [3.63, 3.8) is 0 Å². The molecule has 4 atom stereocenters. The summed E-state index contributed by atoms with van der Waals surface area (Å²) in [5.74, 6) is -5.10.